The largest absolute Gasteiger partial charge is 0.483 e. The molecule has 0 aliphatic heterocycles. The van der Waals surface area contributed by atoms with Crippen molar-refractivity contribution in [2.75, 3.05) is 6.54 Å². The third-order valence-electron chi connectivity index (χ3n) is 3.35. The molecule has 0 bridgehead atoms. The summed E-state index contributed by atoms with van der Waals surface area (Å²) >= 11 is 0. The lowest BCUT2D eigenvalue weighted by atomic mass is 10.1. The van der Waals surface area contributed by atoms with Gasteiger partial charge in [-0.3, -0.25) is 0 Å². The normalized spacial score (nSPS) is 12.1. The second-order valence-corrected chi connectivity index (χ2v) is 5.08. The summed E-state index contributed by atoms with van der Waals surface area (Å²) in [4.78, 5) is 0. The summed E-state index contributed by atoms with van der Waals surface area (Å²) in [6.45, 7) is 5.56. The van der Waals surface area contributed by atoms with Crippen LogP contribution >= 0.6 is 0 Å². The van der Waals surface area contributed by atoms with E-state index in [1.54, 1.807) is 6.07 Å². The van der Waals surface area contributed by atoms with Gasteiger partial charge in [0.05, 0.1) is 0 Å². The monoisotopic (exact) mass is 287 g/mol. The van der Waals surface area contributed by atoms with E-state index < -0.39 is 0 Å². The van der Waals surface area contributed by atoms with Gasteiger partial charge in [-0.2, -0.15) is 0 Å². The van der Waals surface area contributed by atoms with Gasteiger partial charge in [0, 0.05) is 12.1 Å². The first-order chi connectivity index (χ1) is 10.2. The van der Waals surface area contributed by atoms with Gasteiger partial charge < -0.3 is 10.1 Å². The van der Waals surface area contributed by atoms with Crippen molar-refractivity contribution in [2.24, 2.45) is 0 Å². The maximum Gasteiger partial charge on any atom is 0.165 e. The number of nitrogens with one attached hydrogen (secondary N) is 1. The van der Waals surface area contributed by atoms with Gasteiger partial charge in [-0.1, -0.05) is 49.4 Å². The van der Waals surface area contributed by atoms with Gasteiger partial charge in [0.2, 0.25) is 0 Å². The molecule has 1 N–H and O–H groups in total. The highest BCUT2D eigenvalue weighted by atomic mass is 19.1. The molecule has 0 amide bonds. The maximum absolute atomic E-state index is 14.1. The van der Waals surface area contributed by atoms with Gasteiger partial charge >= 0.3 is 0 Å². The van der Waals surface area contributed by atoms with Crippen LogP contribution in [0.3, 0.4) is 0 Å². The van der Waals surface area contributed by atoms with E-state index >= 15 is 0 Å². The number of hydrogen-bond donors (Lipinski definition) is 1. The van der Waals surface area contributed by atoms with E-state index in [1.165, 1.54) is 6.07 Å². The lowest BCUT2D eigenvalue weighted by Crippen LogP contribution is -2.15. The highest BCUT2D eigenvalue weighted by molar-refractivity contribution is 5.35. The molecule has 0 saturated carbocycles. The van der Waals surface area contributed by atoms with Crippen molar-refractivity contribution in [1.29, 1.82) is 0 Å². The predicted molar refractivity (Wildman–Crippen MR) is 83.9 cm³/mol. The Bertz CT molecular complexity index is 556. The fraction of sp³-hybridized carbons (Fsp3) is 0.333. The van der Waals surface area contributed by atoms with E-state index in [0.717, 1.165) is 24.1 Å². The third-order valence-corrected chi connectivity index (χ3v) is 3.35. The average Bonchev–Trinajstić information content (AvgIpc) is 2.51. The van der Waals surface area contributed by atoms with E-state index in [4.69, 9.17) is 4.74 Å². The molecule has 1 unspecified atom stereocenters. The Balaban J connectivity index is 2.14. The molecular weight excluding hydrogens is 265 g/mol. The van der Waals surface area contributed by atoms with Crippen LogP contribution in [0.25, 0.3) is 0 Å². The van der Waals surface area contributed by atoms with E-state index in [-0.39, 0.29) is 11.9 Å². The zero-order valence-corrected chi connectivity index (χ0v) is 12.6. The summed E-state index contributed by atoms with van der Waals surface area (Å²) in [5.41, 5.74) is 1.89. The molecule has 0 heterocycles. The molecule has 2 aromatic carbocycles. The molecule has 2 aromatic rings. The molecule has 0 spiro atoms. The molecule has 0 aliphatic carbocycles. The molecule has 0 aliphatic rings. The molecule has 0 aromatic heterocycles. The molecule has 3 heteroatoms. The maximum atomic E-state index is 14.1. The Morgan fingerprint density at radius 3 is 2.57 bits per heavy atom. The zero-order chi connectivity index (χ0) is 15.1. The van der Waals surface area contributed by atoms with E-state index in [9.17, 15) is 4.39 Å². The van der Waals surface area contributed by atoms with Crippen molar-refractivity contribution in [2.45, 2.75) is 32.9 Å². The van der Waals surface area contributed by atoms with Gasteiger partial charge in [-0.15, -0.1) is 0 Å². The first kappa shape index (κ1) is 15.5. The Labute approximate surface area is 126 Å². The smallest absolute Gasteiger partial charge is 0.165 e. The van der Waals surface area contributed by atoms with Crippen LogP contribution in [0.15, 0.2) is 48.5 Å². The number of hydrogen-bond acceptors (Lipinski definition) is 2. The van der Waals surface area contributed by atoms with Crippen molar-refractivity contribution in [3.63, 3.8) is 0 Å². The number of halogens is 1. The lowest BCUT2D eigenvalue weighted by molar-refractivity contribution is 0.213. The Morgan fingerprint density at radius 2 is 1.86 bits per heavy atom. The molecular formula is C18H22FNO. The Morgan fingerprint density at radius 1 is 1.10 bits per heavy atom. The summed E-state index contributed by atoms with van der Waals surface area (Å²) in [6.07, 6.45) is 0.861. The molecule has 2 nitrogen and oxygen atoms in total. The van der Waals surface area contributed by atoms with Gasteiger partial charge in [-0.05, 0) is 31.5 Å². The fourth-order valence-electron chi connectivity index (χ4n) is 2.19. The lowest BCUT2D eigenvalue weighted by Gasteiger charge is -2.18. The minimum Gasteiger partial charge on any atom is -0.483 e. The van der Waals surface area contributed by atoms with E-state index in [0.29, 0.717) is 12.3 Å². The van der Waals surface area contributed by atoms with Crippen LogP contribution in [0.4, 0.5) is 4.39 Å². The van der Waals surface area contributed by atoms with Crippen LogP contribution in [-0.2, 0) is 6.54 Å². The van der Waals surface area contributed by atoms with Crippen LogP contribution in [-0.4, -0.2) is 6.54 Å². The van der Waals surface area contributed by atoms with E-state index in [1.807, 2.05) is 43.3 Å². The first-order valence-corrected chi connectivity index (χ1v) is 7.42. The standard InChI is InChI=1S/C18H22FNO/c1-3-12-20-13-16-10-7-11-17(19)18(16)21-14(2)15-8-5-4-6-9-15/h4-11,14,20H,3,12-13H2,1-2H3. The van der Waals surface area contributed by atoms with Crippen molar-refractivity contribution < 1.29 is 9.13 Å². The molecule has 0 radical (unpaired) electrons. The third kappa shape index (κ3) is 4.30. The van der Waals surface area contributed by atoms with Crippen molar-refractivity contribution >= 4 is 0 Å². The van der Waals surface area contributed by atoms with Crippen molar-refractivity contribution in [1.82, 2.24) is 5.32 Å². The highest BCUT2D eigenvalue weighted by Crippen LogP contribution is 2.28. The first-order valence-electron chi connectivity index (χ1n) is 7.42. The second-order valence-electron chi connectivity index (χ2n) is 5.08. The van der Waals surface area contributed by atoms with Crippen molar-refractivity contribution in [3.05, 3.63) is 65.5 Å². The second kappa shape index (κ2) is 7.79. The summed E-state index contributed by atoms with van der Waals surface area (Å²) in [5.74, 6) is 0.0334. The topological polar surface area (TPSA) is 21.3 Å². The summed E-state index contributed by atoms with van der Waals surface area (Å²) < 4.78 is 20.0. The van der Waals surface area contributed by atoms with Gasteiger partial charge in [0.25, 0.3) is 0 Å². The van der Waals surface area contributed by atoms with Crippen LogP contribution in [0, 0.1) is 5.82 Å². The van der Waals surface area contributed by atoms with Crippen LogP contribution in [0.1, 0.15) is 37.5 Å². The summed E-state index contributed by atoms with van der Waals surface area (Å²) in [7, 11) is 0. The predicted octanol–water partition coefficient (Wildman–Crippen LogP) is 4.47. The molecule has 112 valence electrons. The average molecular weight is 287 g/mol. The zero-order valence-electron chi connectivity index (χ0n) is 12.6. The van der Waals surface area contributed by atoms with Gasteiger partial charge in [-0.25, -0.2) is 4.39 Å². The fourth-order valence-corrected chi connectivity index (χ4v) is 2.19. The van der Waals surface area contributed by atoms with Gasteiger partial charge in [0.15, 0.2) is 11.6 Å². The number of rotatable bonds is 7. The Kier molecular flexibility index (Phi) is 5.76. The van der Waals surface area contributed by atoms with Crippen molar-refractivity contribution in [3.8, 4) is 5.75 Å². The van der Waals surface area contributed by atoms with Crippen LogP contribution < -0.4 is 10.1 Å². The van der Waals surface area contributed by atoms with Crippen LogP contribution in [0.5, 0.6) is 5.75 Å². The quantitative estimate of drug-likeness (QED) is 0.759. The molecule has 0 saturated heterocycles. The minimum atomic E-state index is -0.312. The summed E-state index contributed by atoms with van der Waals surface area (Å²) in [5, 5.41) is 3.29. The number of benzene rings is 2. The van der Waals surface area contributed by atoms with E-state index in [2.05, 4.69) is 12.2 Å². The summed E-state index contributed by atoms with van der Waals surface area (Å²) in [6, 6.07) is 14.9. The molecule has 0 fully saturated rings. The molecule has 21 heavy (non-hydrogen) atoms. The SMILES string of the molecule is CCCNCc1cccc(F)c1OC(C)c1ccccc1. The highest BCUT2D eigenvalue weighted by Gasteiger charge is 2.14. The Hall–Kier alpha value is -1.87. The van der Waals surface area contributed by atoms with Gasteiger partial charge in [0.1, 0.15) is 6.10 Å². The minimum absolute atomic E-state index is 0.187. The number of para-hydroxylation sites is 1. The van der Waals surface area contributed by atoms with Crippen LogP contribution in [0.2, 0.25) is 0 Å². The molecule has 2 rings (SSSR count). The number of ether oxygens (including phenoxy) is 1. The molecule has 1 atom stereocenters.